The van der Waals surface area contributed by atoms with Crippen LogP contribution < -0.4 is 0 Å². The number of pyridine rings is 1. The molecule has 3 rings (SSSR count). The summed E-state index contributed by atoms with van der Waals surface area (Å²) in [6.07, 6.45) is 6.45. The molecule has 0 atom stereocenters. The summed E-state index contributed by atoms with van der Waals surface area (Å²) in [5.41, 5.74) is 1.06. The molecule has 5 nitrogen and oxygen atoms in total. The lowest BCUT2D eigenvalue weighted by molar-refractivity contribution is 0.0875. The van der Waals surface area contributed by atoms with E-state index in [1.807, 2.05) is 30.5 Å². The summed E-state index contributed by atoms with van der Waals surface area (Å²) in [6.45, 7) is -0.114. The third kappa shape index (κ3) is 3.73. The Balaban J connectivity index is 0.000000147. The summed E-state index contributed by atoms with van der Waals surface area (Å²) in [5, 5.41) is 9.58. The molecule has 0 saturated heterocycles. The van der Waals surface area contributed by atoms with Crippen molar-refractivity contribution in [3.63, 3.8) is 0 Å². The molecule has 0 aliphatic heterocycles. The molecule has 20 heavy (non-hydrogen) atoms. The minimum absolute atomic E-state index is 0.114. The van der Waals surface area contributed by atoms with E-state index in [0.29, 0.717) is 0 Å². The number of carbonyl (C=O) groups excluding carboxylic acids is 1. The van der Waals surface area contributed by atoms with Crippen LogP contribution >= 0.6 is 0 Å². The quantitative estimate of drug-likeness (QED) is 0.774. The average Bonchev–Trinajstić information content (AvgIpc) is 3.03. The summed E-state index contributed by atoms with van der Waals surface area (Å²) in [6, 6.07) is 12.1. The molecule has 1 aromatic carbocycles. The smallest absolute Gasteiger partial charge is 0.234 e. The highest BCUT2D eigenvalue weighted by Crippen LogP contribution is 2.07. The van der Waals surface area contributed by atoms with E-state index in [1.165, 1.54) is 22.5 Å². The zero-order valence-corrected chi connectivity index (χ0v) is 10.9. The first-order valence-electron chi connectivity index (χ1n) is 6.23. The Hall–Kier alpha value is -2.53. The topological polar surface area (TPSA) is 68.0 Å². The molecule has 0 saturated carbocycles. The van der Waals surface area contributed by atoms with Gasteiger partial charge in [0, 0.05) is 24.0 Å². The van der Waals surface area contributed by atoms with E-state index in [1.54, 1.807) is 6.20 Å². The van der Waals surface area contributed by atoms with E-state index in [2.05, 4.69) is 22.1 Å². The predicted molar refractivity (Wildman–Crippen MR) is 76.3 cm³/mol. The van der Waals surface area contributed by atoms with Crippen LogP contribution in [0.1, 0.15) is 11.2 Å². The number of carbonyl (C=O) groups is 1. The molecule has 0 fully saturated rings. The Kier molecular flexibility index (Phi) is 4.97. The number of rotatable bonds is 2. The number of hydrogen-bond acceptors (Lipinski definition) is 4. The van der Waals surface area contributed by atoms with Gasteiger partial charge in [-0.05, 0) is 12.1 Å². The molecule has 5 heteroatoms. The predicted octanol–water partition coefficient (Wildman–Crippen LogP) is 2.14. The lowest BCUT2D eigenvalue weighted by Gasteiger charge is -1.95. The van der Waals surface area contributed by atoms with Gasteiger partial charge in [0.2, 0.25) is 5.91 Å². The molecule has 0 spiro atoms. The van der Waals surface area contributed by atoms with Crippen molar-refractivity contribution in [3.8, 4) is 0 Å². The largest absolute Gasteiger partial charge is 0.396 e. The van der Waals surface area contributed by atoms with Gasteiger partial charge in [-0.3, -0.25) is 14.3 Å². The normalized spacial score (nSPS) is 9.85. The molecule has 0 bridgehead atoms. The maximum atomic E-state index is 10.9. The highest BCUT2D eigenvalue weighted by Gasteiger charge is 2.00. The molecule has 3 aromatic rings. The van der Waals surface area contributed by atoms with Gasteiger partial charge in [-0.15, -0.1) is 0 Å². The SMILES string of the molecule is O=C(CCO)n1ccnc1.c1ccc2ncccc2c1. The zero-order valence-electron chi connectivity index (χ0n) is 10.9. The number of aliphatic hydroxyl groups is 1. The van der Waals surface area contributed by atoms with E-state index in [0.717, 1.165) is 5.52 Å². The van der Waals surface area contributed by atoms with Crippen molar-refractivity contribution in [2.45, 2.75) is 6.42 Å². The second-order valence-corrected chi connectivity index (χ2v) is 4.03. The van der Waals surface area contributed by atoms with Gasteiger partial charge in [0.05, 0.1) is 18.5 Å². The third-order valence-corrected chi connectivity index (χ3v) is 2.63. The fraction of sp³-hybridized carbons (Fsp3) is 0.133. The van der Waals surface area contributed by atoms with Crippen molar-refractivity contribution >= 4 is 16.8 Å². The first-order valence-corrected chi connectivity index (χ1v) is 6.23. The number of aromatic nitrogens is 3. The zero-order chi connectivity index (χ0) is 14.2. The molecule has 0 radical (unpaired) electrons. The van der Waals surface area contributed by atoms with Crippen LogP contribution in [0.3, 0.4) is 0 Å². The lowest BCUT2D eigenvalue weighted by Crippen LogP contribution is -2.09. The van der Waals surface area contributed by atoms with Crippen molar-refractivity contribution in [2.75, 3.05) is 6.61 Å². The Bertz CT molecular complexity index is 600. The fourth-order valence-electron chi connectivity index (χ4n) is 1.65. The highest BCUT2D eigenvalue weighted by molar-refractivity contribution is 5.78. The maximum absolute atomic E-state index is 10.9. The second-order valence-electron chi connectivity index (χ2n) is 4.03. The van der Waals surface area contributed by atoms with Crippen LogP contribution in [0.15, 0.2) is 61.3 Å². The van der Waals surface area contributed by atoms with Gasteiger partial charge in [0.25, 0.3) is 0 Å². The minimum Gasteiger partial charge on any atom is -0.396 e. The van der Waals surface area contributed by atoms with Crippen molar-refractivity contribution in [1.82, 2.24) is 14.5 Å². The van der Waals surface area contributed by atoms with Crippen molar-refractivity contribution in [3.05, 3.63) is 61.3 Å². The number of hydrogen-bond donors (Lipinski definition) is 1. The first-order chi connectivity index (χ1) is 9.81. The Labute approximate surface area is 116 Å². The number of nitrogens with zero attached hydrogens (tertiary/aromatic N) is 3. The molecular weight excluding hydrogens is 254 g/mol. The second kappa shape index (κ2) is 7.16. The van der Waals surface area contributed by atoms with Gasteiger partial charge < -0.3 is 5.11 Å². The van der Waals surface area contributed by atoms with Crippen molar-refractivity contribution in [2.24, 2.45) is 0 Å². The molecule has 2 heterocycles. The van der Waals surface area contributed by atoms with E-state index in [-0.39, 0.29) is 18.9 Å². The molecule has 1 N–H and O–H groups in total. The Morgan fingerprint density at radius 2 is 1.95 bits per heavy atom. The summed E-state index contributed by atoms with van der Waals surface area (Å²) < 4.78 is 1.34. The molecule has 0 amide bonds. The Morgan fingerprint density at radius 3 is 2.65 bits per heavy atom. The van der Waals surface area contributed by atoms with Crippen LogP contribution in [0.2, 0.25) is 0 Å². The van der Waals surface area contributed by atoms with E-state index >= 15 is 0 Å². The fourth-order valence-corrected chi connectivity index (χ4v) is 1.65. The number of para-hydroxylation sites is 1. The monoisotopic (exact) mass is 269 g/mol. The van der Waals surface area contributed by atoms with Gasteiger partial charge in [-0.2, -0.15) is 0 Å². The average molecular weight is 269 g/mol. The maximum Gasteiger partial charge on any atom is 0.234 e. The molecule has 0 aliphatic rings. The van der Waals surface area contributed by atoms with Gasteiger partial charge in [0.15, 0.2) is 0 Å². The van der Waals surface area contributed by atoms with Crippen LogP contribution in [0, 0.1) is 0 Å². The number of aliphatic hydroxyl groups excluding tert-OH is 1. The summed E-state index contributed by atoms with van der Waals surface area (Å²) in [5.74, 6) is -0.139. The minimum atomic E-state index is -0.139. The Morgan fingerprint density at radius 1 is 1.15 bits per heavy atom. The lowest BCUT2D eigenvalue weighted by atomic mass is 10.2. The van der Waals surface area contributed by atoms with E-state index in [4.69, 9.17) is 5.11 Å². The van der Waals surface area contributed by atoms with Gasteiger partial charge in [-0.25, -0.2) is 4.98 Å². The number of benzene rings is 1. The van der Waals surface area contributed by atoms with Crippen molar-refractivity contribution in [1.29, 1.82) is 0 Å². The molecule has 0 unspecified atom stereocenters. The van der Waals surface area contributed by atoms with Crippen LogP contribution in [-0.2, 0) is 0 Å². The first kappa shape index (κ1) is 13.9. The van der Waals surface area contributed by atoms with Gasteiger partial charge in [-0.1, -0.05) is 24.3 Å². The molecule has 0 aliphatic carbocycles. The molecule has 102 valence electrons. The van der Waals surface area contributed by atoms with Crippen LogP contribution in [0.5, 0.6) is 0 Å². The van der Waals surface area contributed by atoms with Crippen LogP contribution in [0.25, 0.3) is 10.9 Å². The standard InChI is InChI=1S/C9H7N.C6H8N2O2/c1-2-6-9-8(4-1)5-3-7-10-9;9-4-1-6(10)8-3-2-7-5-8/h1-7H;2-3,5,9H,1,4H2. The van der Waals surface area contributed by atoms with Gasteiger partial charge >= 0.3 is 0 Å². The van der Waals surface area contributed by atoms with Crippen molar-refractivity contribution < 1.29 is 9.90 Å². The highest BCUT2D eigenvalue weighted by atomic mass is 16.3. The summed E-state index contributed by atoms with van der Waals surface area (Å²) in [4.78, 5) is 18.7. The summed E-state index contributed by atoms with van der Waals surface area (Å²) >= 11 is 0. The van der Waals surface area contributed by atoms with E-state index in [9.17, 15) is 4.79 Å². The van der Waals surface area contributed by atoms with E-state index < -0.39 is 0 Å². The number of fused-ring (bicyclic) bond motifs is 1. The van der Waals surface area contributed by atoms with Crippen LogP contribution in [-0.4, -0.2) is 32.2 Å². The third-order valence-electron chi connectivity index (χ3n) is 2.63. The van der Waals surface area contributed by atoms with Gasteiger partial charge in [0.1, 0.15) is 6.33 Å². The van der Waals surface area contributed by atoms with Crippen LogP contribution in [0.4, 0.5) is 0 Å². The molecular formula is C15H15N3O2. The summed E-state index contributed by atoms with van der Waals surface area (Å²) in [7, 11) is 0. The number of imidazole rings is 1. The molecule has 2 aromatic heterocycles.